The molecule has 1 aliphatic heterocycles. The average molecular weight is 556 g/mol. The van der Waals surface area contributed by atoms with Gasteiger partial charge in [-0.25, -0.2) is 32.8 Å². The maximum absolute atomic E-state index is 13.1. The maximum Gasteiger partial charge on any atom is 0.338 e. The summed E-state index contributed by atoms with van der Waals surface area (Å²) in [6, 6.07) is 12.9. The molecule has 2 N–H and O–H groups in total. The van der Waals surface area contributed by atoms with Crippen LogP contribution in [0.3, 0.4) is 0 Å². The first kappa shape index (κ1) is 26.8. The molecule has 2 aromatic carbocycles. The number of carbonyl (C=O) groups excluding carboxylic acids is 3. The molecule has 1 aromatic heterocycles. The van der Waals surface area contributed by atoms with E-state index in [1.165, 1.54) is 54.7 Å². The highest BCUT2D eigenvalue weighted by atomic mass is 35.5. The number of hydrogen-bond acceptors (Lipinski definition) is 9. The Hall–Kier alpha value is -4.29. The van der Waals surface area contributed by atoms with E-state index in [0.717, 1.165) is 4.90 Å². The number of sulfonamides is 1. The third-order valence-electron chi connectivity index (χ3n) is 5.16. The minimum absolute atomic E-state index is 0.0687. The van der Waals surface area contributed by atoms with Crippen molar-refractivity contribution in [2.45, 2.75) is 31.8 Å². The summed E-state index contributed by atoms with van der Waals surface area (Å²) < 4.78 is 32.8. The molecule has 0 saturated carbocycles. The number of halogens is 1. The fraction of sp³-hybridized carbons (Fsp3) is 0.160. The summed E-state index contributed by atoms with van der Waals surface area (Å²) in [6.45, 7) is 5.11. The van der Waals surface area contributed by atoms with E-state index < -0.39 is 27.8 Å². The van der Waals surface area contributed by atoms with Crippen molar-refractivity contribution >= 4 is 56.7 Å². The Bertz CT molecular complexity index is 1570. The van der Waals surface area contributed by atoms with Gasteiger partial charge in [0.1, 0.15) is 10.7 Å². The smallest absolute Gasteiger partial charge is 0.338 e. The highest BCUT2D eigenvalue weighted by Gasteiger charge is 2.39. The quantitative estimate of drug-likeness (QED) is 0.314. The molecule has 3 aromatic rings. The number of imide groups is 1. The van der Waals surface area contributed by atoms with Gasteiger partial charge in [0, 0.05) is 17.6 Å². The number of amides is 2. The molecule has 0 atom stereocenters. The van der Waals surface area contributed by atoms with Crippen molar-refractivity contribution in [2.75, 3.05) is 14.9 Å². The molecule has 38 heavy (non-hydrogen) atoms. The van der Waals surface area contributed by atoms with Gasteiger partial charge in [0.25, 0.3) is 21.8 Å². The topological polar surface area (TPSA) is 148 Å². The van der Waals surface area contributed by atoms with Crippen LogP contribution in [0.1, 0.15) is 29.9 Å². The zero-order valence-corrected chi connectivity index (χ0v) is 22.0. The van der Waals surface area contributed by atoms with Gasteiger partial charge in [-0.1, -0.05) is 17.7 Å². The third kappa shape index (κ3) is 5.66. The first-order chi connectivity index (χ1) is 18.0. The second-order valence-corrected chi connectivity index (χ2v) is 10.5. The number of hydrogen-bond donors (Lipinski definition) is 2. The zero-order valence-electron chi connectivity index (χ0n) is 20.4. The third-order valence-corrected chi connectivity index (χ3v) is 6.86. The Morgan fingerprint density at radius 2 is 1.76 bits per heavy atom. The Morgan fingerprint density at radius 3 is 2.42 bits per heavy atom. The van der Waals surface area contributed by atoms with Gasteiger partial charge >= 0.3 is 5.97 Å². The van der Waals surface area contributed by atoms with Crippen molar-refractivity contribution in [3.63, 3.8) is 0 Å². The van der Waals surface area contributed by atoms with E-state index in [-0.39, 0.29) is 38.9 Å². The average Bonchev–Trinajstić information content (AvgIpc) is 3.06. The number of nitrogens with zero attached hydrogens (tertiary/aromatic N) is 3. The molecule has 196 valence electrons. The van der Waals surface area contributed by atoms with Gasteiger partial charge in [0.15, 0.2) is 0 Å². The normalized spacial score (nSPS) is 13.8. The van der Waals surface area contributed by atoms with Crippen molar-refractivity contribution in [1.29, 1.82) is 0 Å². The number of anilines is 3. The number of benzene rings is 2. The van der Waals surface area contributed by atoms with E-state index in [2.05, 4.69) is 20.0 Å². The summed E-state index contributed by atoms with van der Waals surface area (Å²) in [5, 5.41) is 2.41. The van der Waals surface area contributed by atoms with E-state index in [9.17, 15) is 22.8 Å². The summed E-state index contributed by atoms with van der Waals surface area (Å²) in [5.74, 6) is -2.20. The molecule has 0 unspecified atom stereocenters. The van der Waals surface area contributed by atoms with Crippen molar-refractivity contribution in [1.82, 2.24) is 9.97 Å². The largest absolute Gasteiger partial charge is 0.459 e. The lowest BCUT2D eigenvalue weighted by molar-refractivity contribution is -0.120. The predicted molar refractivity (Wildman–Crippen MR) is 140 cm³/mol. The van der Waals surface area contributed by atoms with E-state index in [1.54, 1.807) is 26.8 Å². The van der Waals surface area contributed by atoms with Crippen molar-refractivity contribution in [3.05, 3.63) is 82.8 Å². The van der Waals surface area contributed by atoms with Crippen molar-refractivity contribution in [3.8, 4) is 0 Å². The van der Waals surface area contributed by atoms with Crippen LogP contribution in [0.15, 0.2) is 76.4 Å². The monoisotopic (exact) mass is 555 g/mol. The predicted octanol–water partition coefficient (Wildman–Crippen LogP) is 3.59. The molecule has 1 aliphatic rings. The summed E-state index contributed by atoms with van der Waals surface area (Å²) in [7, 11) is -3.98. The number of carbonyl (C=O) groups is 3. The number of nitrogens with one attached hydrogen (secondary N) is 2. The molecule has 0 fully saturated rings. The molecule has 0 aliphatic carbocycles. The maximum atomic E-state index is 13.1. The Balaban J connectivity index is 1.51. The lowest BCUT2D eigenvalue weighted by Gasteiger charge is -2.16. The lowest BCUT2D eigenvalue weighted by atomic mass is 10.2. The van der Waals surface area contributed by atoms with Crippen LogP contribution in [-0.4, -0.2) is 42.3 Å². The van der Waals surface area contributed by atoms with Crippen molar-refractivity contribution < 1.29 is 27.5 Å². The second-order valence-electron chi connectivity index (χ2n) is 8.42. The number of rotatable bonds is 8. The molecule has 2 amide bonds. The molecule has 4 rings (SSSR count). The van der Waals surface area contributed by atoms with Gasteiger partial charge in [0.05, 0.1) is 22.3 Å². The van der Waals surface area contributed by atoms with Crippen molar-refractivity contribution in [2.24, 2.45) is 0 Å². The van der Waals surface area contributed by atoms with Crippen LogP contribution in [0.4, 0.5) is 17.3 Å². The molecule has 0 bridgehead atoms. The van der Waals surface area contributed by atoms with E-state index >= 15 is 0 Å². The fourth-order valence-corrected chi connectivity index (χ4v) is 4.60. The minimum atomic E-state index is -3.98. The van der Waals surface area contributed by atoms with E-state index in [0.29, 0.717) is 11.4 Å². The van der Waals surface area contributed by atoms with Crippen LogP contribution in [-0.2, 0) is 24.3 Å². The molecule has 2 heterocycles. The van der Waals surface area contributed by atoms with Gasteiger partial charge < -0.3 is 10.1 Å². The number of ether oxygens (including phenoxy) is 1. The fourth-order valence-electron chi connectivity index (χ4n) is 3.44. The Kier molecular flexibility index (Phi) is 7.46. The van der Waals surface area contributed by atoms with Crippen LogP contribution in [0.5, 0.6) is 0 Å². The highest BCUT2D eigenvalue weighted by Crippen LogP contribution is 2.31. The molecular weight excluding hydrogens is 534 g/mol. The van der Waals surface area contributed by atoms with E-state index in [4.69, 9.17) is 16.3 Å². The van der Waals surface area contributed by atoms with Crippen LogP contribution < -0.4 is 14.9 Å². The standard InChI is InChI=1S/C25H22ClN5O6S/c1-14(2)37-24(34)16-5-4-6-18(13-16)31-22(32)20(26)21(23(31)33)29-17-7-9-19(10-8-17)38(35,36)30-25-27-12-11-15(3)28-25/h4-14,29H,1-3H3,(H,27,28,30). The van der Waals surface area contributed by atoms with Gasteiger partial charge in [-0.3, -0.25) is 9.59 Å². The molecule has 0 saturated heterocycles. The van der Waals surface area contributed by atoms with Gasteiger partial charge in [-0.2, -0.15) is 0 Å². The first-order valence-corrected chi connectivity index (χ1v) is 13.1. The van der Waals surface area contributed by atoms with Crippen LogP contribution in [0.2, 0.25) is 0 Å². The lowest BCUT2D eigenvalue weighted by Crippen LogP contribution is -2.32. The van der Waals surface area contributed by atoms with Crippen LogP contribution in [0, 0.1) is 6.92 Å². The zero-order chi connectivity index (χ0) is 27.6. The highest BCUT2D eigenvalue weighted by molar-refractivity contribution is 7.92. The molecule has 11 nitrogen and oxygen atoms in total. The van der Waals surface area contributed by atoms with Gasteiger partial charge in [0.2, 0.25) is 5.95 Å². The molecular formula is C25H22ClN5O6S. The van der Waals surface area contributed by atoms with Gasteiger partial charge in [-0.15, -0.1) is 0 Å². The summed E-state index contributed by atoms with van der Waals surface area (Å²) in [6.07, 6.45) is 1.09. The van der Waals surface area contributed by atoms with E-state index in [1.807, 2.05) is 0 Å². The second kappa shape index (κ2) is 10.6. The minimum Gasteiger partial charge on any atom is -0.459 e. The molecule has 0 radical (unpaired) electrons. The van der Waals surface area contributed by atoms with Crippen LogP contribution in [0.25, 0.3) is 0 Å². The number of esters is 1. The number of aryl methyl sites for hydroxylation is 1. The Morgan fingerprint density at radius 1 is 1.05 bits per heavy atom. The molecule has 0 spiro atoms. The number of aromatic nitrogens is 2. The summed E-state index contributed by atoms with van der Waals surface area (Å²) in [5.41, 5.74) is 0.999. The Labute approximate surface area is 223 Å². The van der Waals surface area contributed by atoms with Gasteiger partial charge in [-0.05, 0) is 69.3 Å². The molecule has 13 heteroatoms. The summed E-state index contributed by atoms with van der Waals surface area (Å²) in [4.78, 5) is 46.9. The van der Waals surface area contributed by atoms with Crippen LogP contribution >= 0.6 is 11.6 Å². The summed E-state index contributed by atoms with van der Waals surface area (Å²) >= 11 is 6.19. The first-order valence-electron chi connectivity index (χ1n) is 11.3. The SMILES string of the molecule is Cc1ccnc(NS(=O)(=O)c2ccc(NC3=C(Cl)C(=O)N(c4cccc(C(=O)OC(C)C)c4)C3=O)cc2)n1.